The molecule has 0 bridgehead atoms. The normalized spacial score (nSPS) is 22.5. The first-order valence-electron chi connectivity index (χ1n) is 9.46. The molecular weight excluding hydrogens is 487 g/mol. The summed E-state index contributed by atoms with van der Waals surface area (Å²) in [7, 11) is 0. The third-order valence-corrected chi connectivity index (χ3v) is 7.46. The molecule has 2 aromatic carbocycles. The first-order valence-corrected chi connectivity index (χ1v) is 12.2. The largest absolute Gasteiger partial charge is 0.373 e. The lowest BCUT2D eigenvalue weighted by atomic mass is 9.84. The Bertz CT molecular complexity index is 777. The highest BCUT2D eigenvalue weighted by atomic mass is 127. The molecule has 0 N–H and O–H groups in total. The molecule has 0 fully saturated rings. The van der Waals surface area contributed by atoms with Crippen LogP contribution in [0.3, 0.4) is 0 Å². The van der Waals surface area contributed by atoms with E-state index in [1.54, 1.807) is 0 Å². The Morgan fingerprint density at radius 2 is 1.93 bits per heavy atom. The van der Waals surface area contributed by atoms with Crippen molar-refractivity contribution in [1.82, 2.24) is 0 Å². The number of ether oxygens (including phenoxy) is 1. The van der Waals surface area contributed by atoms with E-state index in [1.807, 2.05) is 17.8 Å². The van der Waals surface area contributed by atoms with Gasteiger partial charge in [-0.25, -0.2) is 0 Å². The summed E-state index contributed by atoms with van der Waals surface area (Å²) in [5.41, 5.74) is 2.48. The van der Waals surface area contributed by atoms with Gasteiger partial charge in [0.25, 0.3) is 0 Å². The number of hydrogen-bond acceptors (Lipinski definition) is 2. The zero-order valence-electron chi connectivity index (χ0n) is 15.8. The number of aryl methyl sites for hydroxylation is 1. The van der Waals surface area contributed by atoms with Gasteiger partial charge in [0.15, 0.2) is 0 Å². The summed E-state index contributed by atoms with van der Waals surface area (Å²) >= 11 is 10.7. The van der Waals surface area contributed by atoms with Crippen molar-refractivity contribution in [2.75, 3.05) is 4.43 Å². The molecule has 2 aromatic rings. The maximum atomic E-state index is 6.46. The van der Waals surface area contributed by atoms with Crippen LogP contribution >= 0.6 is 46.0 Å². The van der Waals surface area contributed by atoms with Crippen LogP contribution in [0.2, 0.25) is 5.02 Å². The van der Waals surface area contributed by atoms with E-state index in [2.05, 4.69) is 85.0 Å². The summed E-state index contributed by atoms with van der Waals surface area (Å²) in [4.78, 5) is 2.66. The molecule has 4 heteroatoms. The molecule has 0 saturated heterocycles. The summed E-state index contributed by atoms with van der Waals surface area (Å²) in [6.07, 6.45) is 4.64. The fourth-order valence-corrected chi connectivity index (χ4v) is 5.46. The Kier molecular flexibility index (Phi) is 8.12. The van der Waals surface area contributed by atoms with Gasteiger partial charge in [0.05, 0.1) is 12.7 Å². The van der Waals surface area contributed by atoms with E-state index in [0.717, 1.165) is 22.3 Å². The van der Waals surface area contributed by atoms with E-state index < -0.39 is 0 Å². The Morgan fingerprint density at radius 1 is 1.15 bits per heavy atom. The lowest BCUT2D eigenvalue weighted by Gasteiger charge is -2.34. The summed E-state index contributed by atoms with van der Waals surface area (Å²) in [5.74, 6) is 0.979. The number of hydrogen-bond donors (Lipinski definition) is 0. The van der Waals surface area contributed by atoms with Gasteiger partial charge in [0, 0.05) is 14.3 Å². The van der Waals surface area contributed by atoms with Gasteiger partial charge >= 0.3 is 0 Å². The molecule has 0 spiro atoms. The summed E-state index contributed by atoms with van der Waals surface area (Å²) in [6.45, 7) is 5.31. The number of alkyl halides is 1. The van der Waals surface area contributed by atoms with E-state index in [4.69, 9.17) is 16.3 Å². The van der Waals surface area contributed by atoms with Crippen molar-refractivity contribution in [1.29, 1.82) is 0 Å². The number of rotatable bonds is 7. The van der Waals surface area contributed by atoms with E-state index in [9.17, 15) is 0 Å². The Hall–Kier alpha value is -0.490. The van der Waals surface area contributed by atoms with Gasteiger partial charge in [0.1, 0.15) is 0 Å². The molecule has 0 amide bonds. The number of thioether (sulfide) groups is 1. The summed E-state index contributed by atoms with van der Waals surface area (Å²) in [5, 5.41) is 0.887. The Labute approximate surface area is 186 Å². The predicted octanol–water partition coefficient (Wildman–Crippen LogP) is 7.55. The fraction of sp³-hybridized carbons (Fsp3) is 0.391. The van der Waals surface area contributed by atoms with Crippen molar-refractivity contribution < 1.29 is 4.74 Å². The highest BCUT2D eigenvalue weighted by molar-refractivity contribution is 14.1. The van der Waals surface area contributed by atoms with Crippen LogP contribution in [0.15, 0.2) is 64.4 Å². The number of halogens is 2. The van der Waals surface area contributed by atoms with Gasteiger partial charge in [-0.1, -0.05) is 102 Å². The first-order chi connectivity index (χ1) is 13.1. The highest BCUT2D eigenvalue weighted by Crippen LogP contribution is 2.42. The van der Waals surface area contributed by atoms with E-state index in [0.29, 0.717) is 18.4 Å². The fourth-order valence-electron chi connectivity index (χ4n) is 3.38. The van der Waals surface area contributed by atoms with Crippen LogP contribution in [0.1, 0.15) is 31.4 Å². The molecule has 1 aliphatic carbocycles. The molecule has 0 saturated carbocycles. The maximum Gasteiger partial charge on any atom is 0.0720 e. The zero-order chi connectivity index (χ0) is 19.2. The van der Waals surface area contributed by atoms with Crippen LogP contribution < -0.4 is 0 Å². The smallest absolute Gasteiger partial charge is 0.0720 e. The van der Waals surface area contributed by atoms with Crippen molar-refractivity contribution in [2.24, 2.45) is 11.8 Å². The van der Waals surface area contributed by atoms with Gasteiger partial charge in [-0.15, -0.1) is 0 Å². The van der Waals surface area contributed by atoms with Gasteiger partial charge in [-0.3, -0.25) is 0 Å². The second-order valence-electron chi connectivity index (χ2n) is 7.12. The molecule has 0 aromatic heterocycles. The average molecular weight is 513 g/mol. The third kappa shape index (κ3) is 5.75. The third-order valence-electron chi connectivity index (χ3n) is 5.31. The highest BCUT2D eigenvalue weighted by Gasteiger charge is 2.30. The van der Waals surface area contributed by atoms with Gasteiger partial charge in [-0.05, 0) is 52.8 Å². The molecule has 3 unspecified atom stereocenters. The SMILES string of the molecule is CC1C(Sc2ccc(CCI)c(Cl)c2)=CCC(OCc2ccccc2)C1C. The minimum absolute atomic E-state index is 0.277. The summed E-state index contributed by atoms with van der Waals surface area (Å²) < 4.78 is 7.33. The van der Waals surface area contributed by atoms with Gasteiger partial charge < -0.3 is 4.74 Å². The molecule has 1 aliphatic rings. The van der Waals surface area contributed by atoms with E-state index in [-0.39, 0.29) is 6.10 Å². The van der Waals surface area contributed by atoms with Crippen LogP contribution in [0.5, 0.6) is 0 Å². The zero-order valence-corrected chi connectivity index (χ0v) is 19.6. The van der Waals surface area contributed by atoms with E-state index in [1.165, 1.54) is 20.9 Å². The lowest BCUT2D eigenvalue weighted by molar-refractivity contribution is -0.00668. The number of benzene rings is 2. The minimum atomic E-state index is 0.277. The molecule has 27 heavy (non-hydrogen) atoms. The van der Waals surface area contributed by atoms with Crippen LogP contribution in [-0.2, 0) is 17.8 Å². The quantitative estimate of drug-likeness (QED) is 0.280. The summed E-state index contributed by atoms with van der Waals surface area (Å²) in [6, 6.07) is 16.9. The molecule has 0 heterocycles. The van der Waals surface area contributed by atoms with Crippen molar-refractivity contribution in [3.63, 3.8) is 0 Å². The Morgan fingerprint density at radius 3 is 2.63 bits per heavy atom. The lowest BCUT2D eigenvalue weighted by Crippen LogP contribution is -2.30. The molecule has 3 atom stereocenters. The molecule has 0 radical (unpaired) electrons. The Balaban J connectivity index is 1.62. The van der Waals surface area contributed by atoms with Crippen LogP contribution in [-0.4, -0.2) is 10.5 Å². The van der Waals surface area contributed by atoms with Crippen LogP contribution in [0.25, 0.3) is 0 Å². The second-order valence-corrected chi connectivity index (χ2v) is 9.75. The minimum Gasteiger partial charge on any atom is -0.373 e. The van der Waals surface area contributed by atoms with Crippen molar-refractivity contribution in [3.05, 3.63) is 75.7 Å². The molecule has 1 nitrogen and oxygen atoms in total. The van der Waals surface area contributed by atoms with Gasteiger partial charge in [-0.2, -0.15) is 0 Å². The van der Waals surface area contributed by atoms with Crippen molar-refractivity contribution in [3.8, 4) is 0 Å². The first kappa shape index (κ1) is 21.2. The molecule has 0 aliphatic heterocycles. The molecule has 3 rings (SSSR count). The molecular formula is C23H26ClIOS. The second kappa shape index (κ2) is 10.3. The van der Waals surface area contributed by atoms with Crippen molar-refractivity contribution >= 4 is 46.0 Å². The van der Waals surface area contributed by atoms with Crippen molar-refractivity contribution in [2.45, 2.75) is 44.3 Å². The van der Waals surface area contributed by atoms with Crippen LogP contribution in [0.4, 0.5) is 0 Å². The monoisotopic (exact) mass is 512 g/mol. The maximum absolute atomic E-state index is 6.46. The van der Waals surface area contributed by atoms with E-state index >= 15 is 0 Å². The van der Waals surface area contributed by atoms with Crippen LogP contribution in [0, 0.1) is 11.8 Å². The standard InChI is InChI=1S/C23H26ClIOS/c1-16-17(2)23(27-20-9-8-19(12-13-25)21(24)14-20)11-10-22(16)26-15-18-6-4-3-5-7-18/h3-9,11,14,16-17,22H,10,12-13,15H2,1-2H3. The predicted molar refractivity (Wildman–Crippen MR) is 126 cm³/mol. The molecule has 144 valence electrons. The average Bonchev–Trinajstić information content (AvgIpc) is 2.68. The topological polar surface area (TPSA) is 9.23 Å². The number of allylic oxidation sites excluding steroid dienone is 1. The van der Waals surface area contributed by atoms with Gasteiger partial charge in [0.2, 0.25) is 0 Å².